The molecule has 3 heteroatoms. The Morgan fingerprint density at radius 3 is 2.93 bits per heavy atom. The summed E-state index contributed by atoms with van der Waals surface area (Å²) in [4.78, 5) is 0. The van der Waals surface area contributed by atoms with Crippen LogP contribution in [-0.2, 0) is 0 Å². The number of hydrogen-bond acceptors (Lipinski definition) is 2. The summed E-state index contributed by atoms with van der Waals surface area (Å²) in [6, 6.07) is 5.99. The fourth-order valence-corrected chi connectivity index (χ4v) is 2.17. The van der Waals surface area contributed by atoms with Gasteiger partial charge in [-0.25, -0.2) is 0 Å². The molecular weight excluding hydrogens is 256 g/mol. The van der Waals surface area contributed by atoms with Gasteiger partial charge in [0.05, 0.1) is 10.6 Å². The SMILES string of the molecule is Brc1coc2c(OC3CCC3)cccc12. The summed E-state index contributed by atoms with van der Waals surface area (Å²) in [7, 11) is 0. The summed E-state index contributed by atoms with van der Waals surface area (Å²) < 4.78 is 12.3. The van der Waals surface area contributed by atoms with Crippen LogP contribution in [0.25, 0.3) is 11.0 Å². The fraction of sp³-hybridized carbons (Fsp3) is 0.333. The number of fused-ring (bicyclic) bond motifs is 1. The molecule has 0 amide bonds. The van der Waals surface area contributed by atoms with Crippen molar-refractivity contribution in [2.45, 2.75) is 25.4 Å². The molecule has 1 aliphatic rings. The van der Waals surface area contributed by atoms with E-state index in [0.29, 0.717) is 6.10 Å². The molecule has 1 fully saturated rings. The average Bonchev–Trinajstić information content (AvgIpc) is 2.55. The highest BCUT2D eigenvalue weighted by atomic mass is 79.9. The Labute approximate surface area is 96.3 Å². The van der Waals surface area contributed by atoms with Crippen LogP contribution in [-0.4, -0.2) is 6.10 Å². The minimum absolute atomic E-state index is 0.388. The van der Waals surface area contributed by atoms with Crippen LogP contribution in [0.2, 0.25) is 0 Å². The smallest absolute Gasteiger partial charge is 0.176 e. The van der Waals surface area contributed by atoms with Crippen LogP contribution < -0.4 is 4.74 Å². The molecular formula is C12H11BrO2. The first-order valence-corrected chi connectivity index (χ1v) is 5.96. The number of halogens is 1. The zero-order chi connectivity index (χ0) is 10.3. The van der Waals surface area contributed by atoms with Crippen molar-refractivity contribution in [2.24, 2.45) is 0 Å². The average molecular weight is 267 g/mol. The Balaban J connectivity index is 2.01. The topological polar surface area (TPSA) is 22.4 Å². The predicted octanol–water partition coefficient (Wildman–Crippen LogP) is 4.13. The highest BCUT2D eigenvalue weighted by Crippen LogP contribution is 2.35. The summed E-state index contributed by atoms with van der Waals surface area (Å²) in [5, 5.41) is 1.08. The molecule has 2 nitrogen and oxygen atoms in total. The van der Waals surface area contributed by atoms with Crippen molar-refractivity contribution in [2.75, 3.05) is 0 Å². The molecule has 3 rings (SSSR count). The molecule has 1 aromatic carbocycles. The summed E-state index contributed by atoms with van der Waals surface area (Å²) in [6.45, 7) is 0. The third-order valence-electron chi connectivity index (χ3n) is 2.86. The maximum Gasteiger partial charge on any atom is 0.176 e. The van der Waals surface area contributed by atoms with Gasteiger partial charge in [0, 0.05) is 5.39 Å². The number of rotatable bonds is 2. The number of benzene rings is 1. The molecule has 0 saturated heterocycles. The van der Waals surface area contributed by atoms with Crippen molar-refractivity contribution in [1.29, 1.82) is 0 Å². The van der Waals surface area contributed by atoms with Crippen LogP contribution in [0.3, 0.4) is 0 Å². The summed E-state index contributed by atoms with van der Waals surface area (Å²) in [5.41, 5.74) is 0.844. The monoisotopic (exact) mass is 266 g/mol. The first-order chi connectivity index (χ1) is 7.34. The van der Waals surface area contributed by atoms with Gasteiger partial charge < -0.3 is 9.15 Å². The van der Waals surface area contributed by atoms with E-state index in [4.69, 9.17) is 9.15 Å². The van der Waals surface area contributed by atoms with Crippen LogP contribution in [0.15, 0.2) is 33.4 Å². The number of para-hydroxylation sites is 1. The Morgan fingerprint density at radius 2 is 2.20 bits per heavy atom. The Bertz CT molecular complexity index is 485. The molecule has 1 heterocycles. The molecule has 0 atom stereocenters. The molecule has 2 aromatic rings. The van der Waals surface area contributed by atoms with E-state index in [1.54, 1.807) is 6.26 Å². The second-order valence-corrected chi connectivity index (χ2v) is 4.74. The van der Waals surface area contributed by atoms with Crippen LogP contribution in [0, 0.1) is 0 Å². The number of hydrogen-bond donors (Lipinski definition) is 0. The predicted molar refractivity (Wildman–Crippen MR) is 62.2 cm³/mol. The van der Waals surface area contributed by atoms with E-state index in [-0.39, 0.29) is 0 Å². The van der Waals surface area contributed by atoms with Gasteiger partial charge in [-0.3, -0.25) is 0 Å². The van der Waals surface area contributed by atoms with Gasteiger partial charge in [0.2, 0.25) is 0 Å². The molecule has 0 spiro atoms. The van der Waals surface area contributed by atoms with Gasteiger partial charge in [0.15, 0.2) is 11.3 Å². The Morgan fingerprint density at radius 1 is 1.33 bits per heavy atom. The van der Waals surface area contributed by atoms with E-state index in [0.717, 1.165) is 34.0 Å². The van der Waals surface area contributed by atoms with Crippen LogP contribution in [0.4, 0.5) is 0 Å². The number of ether oxygens (including phenoxy) is 1. The van der Waals surface area contributed by atoms with Crippen LogP contribution in [0.1, 0.15) is 19.3 Å². The third-order valence-corrected chi connectivity index (χ3v) is 3.48. The van der Waals surface area contributed by atoms with E-state index >= 15 is 0 Å². The normalized spacial score (nSPS) is 16.6. The van der Waals surface area contributed by atoms with E-state index in [2.05, 4.69) is 15.9 Å². The third kappa shape index (κ3) is 1.55. The lowest BCUT2D eigenvalue weighted by molar-refractivity contribution is 0.121. The Kier molecular flexibility index (Phi) is 2.20. The lowest BCUT2D eigenvalue weighted by atomic mass is 9.96. The minimum atomic E-state index is 0.388. The first kappa shape index (κ1) is 9.28. The van der Waals surface area contributed by atoms with Gasteiger partial charge in [0.1, 0.15) is 6.26 Å². The van der Waals surface area contributed by atoms with Gasteiger partial charge in [-0.2, -0.15) is 0 Å². The van der Waals surface area contributed by atoms with Gasteiger partial charge in [-0.15, -0.1) is 0 Å². The van der Waals surface area contributed by atoms with Crippen molar-refractivity contribution in [1.82, 2.24) is 0 Å². The molecule has 0 radical (unpaired) electrons. The van der Waals surface area contributed by atoms with Crippen molar-refractivity contribution in [3.63, 3.8) is 0 Å². The molecule has 1 aromatic heterocycles. The summed E-state index contributed by atoms with van der Waals surface area (Å²) >= 11 is 3.45. The van der Waals surface area contributed by atoms with Gasteiger partial charge in [-0.05, 0) is 47.3 Å². The second-order valence-electron chi connectivity index (χ2n) is 3.89. The zero-order valence-corrected chi connectivity index (χ0v) is 9.79. The summed E-state index contributed by atoms with van der Waals surface area (Å²) in [6.07, 6.45) is 5.71. The van der Waals surface area contributed by atoms with Gasteiger partial charge in [-0.1, -0.05) is 6.07 Å². The van der Waals surface area contributed by atoms with E-state index in [9.17, 15) is 0 Å². The van der Waals surface area contributed by atoms with Crippen molar-refractivity contribution in [3.8, 4) is 5.75 Å². The number of furan rings is 1. The first-order valence-electron chi connectivity index (χ1n) is 5.17. The van der Waals surface area contributed by atoms with E-state index < -0.39 is 0 Å². The fourth-order valence-electron chi connectivity index (χ4n) is 1.76. The largest absolute Gasteiger partial charge is 0.486 e. The van der Waals surface area contributed by atoms with Crippen molar-refractivity contribution >= 4 is 26.9 Å². The minimum Gasteiger partial charge on any atom is -0.486 e. The van der Waals surface area contributed by atoms with Crippen molar-refractivity contribution in [3.05, 3.63) is 28.9 Å². The highest BCUT2D eigenvalue weighted by Gasteiger charge is 2.20. The zero-order valence-electron chi connectivity index (χ0n) is 8.20. The molecule has 0 bridgehead atoms. The molecule has 78 valence electrons. The maximum absolute atomic E-state index is 5.86. The molecule has 15 heavy (non-hydrogen) atoms. The van der Waals surface area contributed by atoms with E-state index in [1.807, 2.05) is 18.2 Å². The van der Waals surface area contributed by atoms with Gasteiger partial charge in [0.25, 0.3) is 0 Å². The highest BCUT2D eigenvalue weighted by molar-refractivity contribution is 9.10. The summed E-state index contributed by atoms with van der Waals surface area (Å²) in [5.74, 6) is 0.864. The molecule has 1 aliphatic carbocycles. The lowest BCUT2D eigenvalue weighted by Crippen LogP contribution is -2.24. The van der Waals surface area contributed by atoms with Crippen LogP contribution >= 0.6 is 15.9 Å². The molecule has 1 saturated carbocycles. The quantitative estimate of drug-likeness (QED) is 0.816. The maximum atomic E-state index is 5.86. The van der Waals surface area contributed by atoms with Crippen LogP contribution in [0.5, 0.6) is 5.75 Å². The van der Waals surface area contributed by atoms with Gasteiger partial charge >= 0.3 is 0 Å². The lowest BCUT2D eigenvalue weighted by Gasteiger charge is -2.26. The standard InChI is InChI=1S/C12H11BrO2/c13-10-7-14-12-9(10)5-2-6-11(12)15-8-3-1-4-8/h2,5-8H,1,3-4H2. The van der Waals surface area contributed by atoms with Crippen molar-refractivity contribution < 1.29 is 9.15 Å². The molecule has 0 unspecified atom stereocenters. The second kappa shape index (κ2) is 3.56. The van der Waals surface area contributed by atoms with E-state index in [1.165, 1.54) is 6.42 Å². The molecule has 0 N–H and O–H groups in total. The molecule has 0 aliphatic heterocycles. The Hall–Kier alpha value is -0.960.